The minimum Gasteiger partial charge on any atom is -0.493 e. The first kappa shape index (κ1) is 48.9. The van der Waals surface area contributed by atoms with E-state index in [1.54, 1.807) is 17.0 Å². The monoisotopic (exact) mass is 987 g/mol. The molecule has 2 saturated heterocycles. The van der Waals surface area contributed by atoms with Crippen LogP contribution in [0.4, 0.5) is 4.39 Å². The highest BCUT2D eigenvalue weighted by atomic mass is 35.5. The highest BCUT2D eigenvalue weighted by Gasteiger charge is 2.46. The second-order valence-electron chi connectivity index (χ2n) is 19.2. The molecule has 18 heteroatoms. The Labute approximate surface area is 414 Å². The summed E-state index contributed by atoms with van der Waals surface area (Å²) in [6.45, 7) is 12.0. The van der Waals surface area contributed by atoms with E-state index in [9.17, 15) is 33.2 Å². The van der Waals surface area contributed by atoms with Crippen molar-refractivity contribution in [3.05, 3.63) is 111 Å². The molecule has 5 amide bonds. The Hall–Kier alpha value is -7.11. The number of piperazine rings is 1. The molecule has 2 aromatic heterocycles. The molecular formula is C53H55ClFN7O9. The molecule has 0 bridgehead atoms. The molecule has 1 atom stereocenters. The van der Waals surface area contributed by atoms with Crippen LogP contribution in [0.2, 0.25) is 5.02 Å². The molecule has 1 unspecified atom stereocenters. The average Bonchev–Trinajstić information content (AvgIpc) is 3.88. The van der Waals surface area contributed by atoms with E-state index < -0.39 is 47.8 Å². The van der Waals surface area contributed by atoms with Gasteiger partial charge in [0.05, 0.1) is 34.0 Å². The Balaban J connectivity index is 0.941. The van der Waals surface area contributed by atoms with Crippen LogP contribution in [0.25, 0.3) is 32.8 Å². The van der Waals surface area contributed by atoms with Crippen molar-refractivity contribution in [3.63, 3.8) is 0 Å². The lowest BCUT2D eigenvalue weighted by atomic mass is 9.98. The Morgan fingerprint density at radius 1 is 0.859 bits per heavy atom. The molecule has 0 spiro atoms. The number of imide groups is 2. The van der Waals surface area contributed by atoms with Crippen LogP contribution in [0, 0.1) is 19.7 Å². The number of fused-ring (bicyclic) bond motifs is 3. The first-order valence-electron chi connectivity index (χ1n) is 23.8. The molecule has 2 fully saturated rings. The summed E-state index contributed by atoms with van der Waals surface area (Å²) in [5.74, 6) is -3.01. The minimum atomic E-state index is -1.13. The quantitative estimate of drug-likeness (QED) is 0.0665. The van der Waals surface area contributed by atoms with Crippen LogP contribution in [0.1, 0.15) is 88.2 Å². The Kier molecular flexibility index (Phi) is 13.5. The van der Waals surface area contributed by atoms with Crippen LogP contribution in [0.5, 0.6) is 11.5 Å². The molecule has 9 rings (SSSR count). The molecule has 5 heterocycles. The molecule has 71 heavy (non-hydrogen) atoms. The summed E-state index contributed by atoms with van der Waals surface area (Å²) < 4.78 is 36.3. The van der Waals surface area contributed by atoms with Gasteiger partial charge >= 0.3 is 5.97 Å². The number of nitrogens with one attached hydrogen (secondary N) is 1. The molecular weight excluding hydrogens is 933 g/mol. The Bertz CT molecular complexity index is 3170. The zero-order valence-electron chi connectivity index (χ0n) is 40.5. The fourth-order valence-electron chi connectivity index (χ4n) is 9.98. The van der Waals surface area contributed by atoms with E-state index in [0.717, 1.165) is 54.7 Å². The molecule has 0 radical (unpaired) electrons. The summed E-state index contributed by atoms with van der Waals surface area (Å²) >= 11 is 7.18. The third-order valence-electron chi connectivity index (χ3n) is 13.4. The van der Waals surface area contributed by atoms with Crippen molar-refractivity contribution < 1.29 is 47.4 Å². The zero-order valence-corrected chi connectivity index (χ0v) is 41.3. The fourth-order valence-corrected chi connectivity index (χ4v) is 10.2. The third kappa shape index (κ3) is 9.59. The maximum absolute atomic E-state index is 14.6. The normalized spacial score (nSPS) is 16.5. The predicted octanol–water partition coefficient (Wildman–Crippen LogP) is 7.20. The van der Waals surface area contributed by atoms with Gasteiger partial charge in [0.15, 0.2) is 6.61 Å². The van der Waals surface area contributed by atoms with Gasteiger partial charge in [-0.1, -0.05) is 35.9 Å². The summed E-state index contributed by atoms with van der Waals surface area (Å²) in [6, 6.07) is 17.3. The zero-order chi connectivity index (χ0) is 50.5. The van der Waals surface area contributed by atoms with Crippen LogP contribution in [-0.4, -0.2) is 122 Å². The lowest BCUT2D eigenvalue weighted by molar-refractivity contribution is -0.136. The number of hydrogen-bond donors (Lipinski definition) is 1. The number of hydrogen-bond acceptors (Lipinski definition) is 11. The van der Waals surface area contributed by atoms with Crippen LogP contribution in [-0.2, 0) is 39.1 Å². The molecule has 370 valence electrons. The van der Waals surface area contributed by atoms with Crippen molar-refractivity contribution in [2.75, 3.05) is 45.9 Å². The lowest BCUT2D eigenvalue weighted by Crippen LogP contribution is -2.54. The van der Waals surface area contributed by atoms with Crippen molar-refractivity contribution in [3.8, 4) is 22.6 Å². The number of benzene rings is 4. The van der Waals surface area contributed by atoms with E-state index in [-0.39, 0.29) is 41.4 Å². The molecule has 3 aliphatic rings. The second kappa shape index (κ2) is 19.6. The number of carbonyl (C=O) groups excluding carboxylic acids is 6. The van der Waals surface area contributed by atoms with E-state index >= 15 is 0 Å². The van der Waals surface area contributed by atoms with Crippen LogP contribution in [0.15, 0.2) is 66.7 Å². The smallest absolute Gasteiger partial charge is 0.355 e. The van der Waals surface area contributed by atoms with Gasteiger partial charge in [-0.15, -0.1) is 0 Å². The van der Waals surface area contributed by atoms with Crippen molar-refractivity contribution >= 4 is 68.8 Å². The Morgan fingerprint density at radius 3 is 2.31 bits per heavy atom. The van der Waals surface area contributed by atoms with Crippen molar-refractivity contribution in [1.29, 1.82) is 0 Å². The molecule has 4 aromatic carbocycles. The highest BCUT2D eigenvalue weighted by molar-refractivity contribution is 6.35. The number of aryl methyl sites for hydroxylation is 3. The number of amides is 5. The highest BCUT2D eigenvalue weighted by Crippen LogP contribution is 2.43. The van der Waals surface area contributed by atoms with Crippen molar-refractivity contribution in [2.45, 2.75) is 78.5 Å². The van der Waals surface area contributed by atoms with Gasteiger partial charge in [-0.05, 0) is 107 Å². The van der Waals surface area contributed by atoms with Crippen LogP contribution < -0.4 is 14.8 Å². The van der Waals surface area contributed by atoms with Crippen LogP contribution >= 0.6 is 11.6 Å². The number of esters is 1. The largest absolute Gasteiger partial charge is 0.493 e. The molecule has 0 saturated carbocycles. The number of halogens is 2. The van der Waals surface area contributed by atoms with Gasteiger partial charge in [0.1, 0.15) is 34.7 Å². The van der Waals surface area contributed by atoms with Crippen LogP contribution in [0.3, 0.4) is 0 Å². The van der Waals surface area contributed by atoms with E-state index in [1.807, 2.05) is 81.2 Å². The molecule has 1 N–H and O–H groups in total. The van der Waals surface area contributed by atoms with Gasteiger partial charge in [0.25, 0.3) is 17.7 Å². The number of ether oxygens (including phenoxy) is 3. The van der Waals surface area contributed by atoms with E-state index in [2.05, 4.69) is 10.2 Å². The minimum absolute atomic E-state index is 0.00926. The van der Waals surface area contributed by atoms with Gasteiger partial charge in [0, 0.05) is 80.3 Å². The van der Waals surface area contributed by atoms with Gasteiger partial charge in [-0.3, -0.25) is 43.8 Å². The van der Waals surface area contributed by atoms with Crippen molar-refractivity contribution in [1.82, 2.24) is 34.4 Å². The Morgan fingerprint density at radius 2 is 1.59 bits per heavy atom. The second-order valence-corrected chi connectivity index (χ2v) is 19.6. The summed E-state index contributed by atoms with van der Waals surface area (Å²) in [5, 5.41) is 9.81. The molecule has 0 aliphatic carbocycles. The summed E-state index contributed by atoms with van der Waals surface area (Å²) in [7, 11) is 1.88. The number of carbonyl (C=O) groups is 6. The number of nitrogens with zero attached hydrogens (tertiary/aromatic N) is 6. The summed E-state index contributed by atoms with van der Waals surface area (Å²) in [6.07, 6.45) is 1.00. The van der Waals surface area contributed by atoms with Gasteiger partial charge in [-0.2, -0.15) is 5.10 Å². The standard InChI is InChI=1S/C53H55ClFN7O9/c1-30-44(31(2)58(6)57-30)46-38(54)18-17-36-35(12-9-27-69-40-13-7-10-32-28-33(55)15-16-34(32)40)48(52(68)71-53(3,4)5)61(47(36)46)26-23-59-21-24-60(25-22-59)43(64)29-70-41-14-8-11-37-45(41)51(67)62(50(37)66)39-19-20-42(63)56-49(39)65/h7-8,10-11,13-18,28,39H,9,12,19-27,29H2,1-6H3,(H,56,63,65). The fraction of sp³-hybridized carbons (Fsp3) is 0.377. The van der Waals surface area contributed by atoms with E-state index in [0.29, 0.717) is 75.2 Å². The van der Waals surface area contributed by atoms with E-state index in [1.165, 1.54) is 24.3 Å². The first-order chi connectivity index (χ1) is 33.9. The maximum Gasteiger partial charge on any atom is 0.355 e. The predicted molar refractivity (Wildman–Crippen MR) is 263 cm³/mol. The summed E-state index contributed by atoms with van der Waals surface area (Å²) in [5.41, 5.74) is 4.54. The first-order valence-corrected chi connectivity index (χ1v) is 24.1. The van der Waals surface area contributed by atoms with Gasteiger partial charge in [0.2, 0.25) is 11.8 Å². The number of aromatic nitrogens is 3. The van der Waals surface area contributed by atoms with Crippen molar-refractivity contribution in [2.24, 2.45) is 7.05 Å². The topological polar surface area (TPSA) is 175 Å². The summed E-state index contributed by atoms with van der Waals surface area (Å²) in [4.78, 5) is 84.3. The lowest BCUT2D eigenvalue weighted by Gasteiger charge is -2.35. The van der Waals surface area contributed by atoms with E-state index in [4.69, 9.17) is 30.9 Å². The molecule has 3 aliphatic heterocycles. The van der Waals surface area contributed by atoms with Gasteiger partial charge < -0.3 is 23.7 Å². The number of piperidine rings is 1. The van der Waals surface area contributed by atoms with Gasteiger partial charge in [-0.25, -0.2) is 9.18 Å². The maximum atomic E-state index is 14.6. The molecule has 6 aromatic rings. The third-order valence-corrected chi connectivity index (χ3v) is 13.7. The SMILES string of the molecule is Cc1nn(C)c(C)c1-c1c(Cl)ccc2c(CCCOc3cccc4cc(F)ccc34)c(C(=O)OC(C)(C)C)n(CCN3CCN(C(=O)COc4cccc5c4C(=O)N(C4CCC(=O)NC4=O)C5=O)CC3)c12. The molecule has 16 nitrogen and oxygen atoms in total. The average molecular weight is 989 g/mol. The number of rotatable bonds is 14.